The average Bonchev–Trinajstić information content (AvgIpc) is 2.17. The molecule has 0 aromatic rings. The van der Waals surface area contributed by atoms with Crippen LogP contribution in [0.2, 0.25) is 5.31 Å². The lowest BCUT2D eigenvalue weighted by molar-refractivity contribution is 0.0929. The fourth-order valence-corrected chi connectivity index (χ4v) is 1.40. The Morgan fingerprint density at radius 1 is 1.64 bits per heavy atom. The summed E-state index contributed by atoms with van der Waals surface area (Å²) in [5.74, 6) is 0. The van der Waals surface area contributed by atoms with Crippen LogP contribution in [-0.2, 0) is 0 Å². The Kier molecular flexibility index (Phi) is 3.39. The first-order chi connectivity index (χ1) is 6.53. The Morgan fingerprint density at radius 3 is 2.71 bits per heavy atom. The Balaban J connectivity index is 2.94. The van der Waals surface area contributed by atoms with Crippen molar-refractivity contribution in [1.82, 2.24) is 0 Å². The molecule has 3 nitrogen and oxygen atoms in total. The molecule has 1 atom stereocenters. The lowest BCUT2D eigenvalue weighted by Crippen LogP contribution is -2.40. The number of alkyl halides is 2. The van der Waals surface area contributed by atoms with Crippen LogP contribution in [0.1, 0.15) is 19.8 Å². The van der Waals surface area contributed by atoms with Gasteiger partial charge in [0.25, 0.3) is 0 Å². The number of rotatable bonds is 3. The smallest absolute Gasteiger partial charge is 0.426 e. The van der Waals surface area contributed by atoms with E-state index in [4.69, 9.17) is 10.0 Å². The molecule has 2 N–H and O–H groups in total. The Bertz CT molecular complexity index is 258. The monoisotopic (exact) mass is 203 g/mol. The second-order valence-corrected chi connectivity index (χ2v) is 3.33. The number of aliphatic imine (C=N–C) groups is 1. The van der Waals surface area contributed by atoms with Gasteiger partial charge in [-0.25, -0.2) is 8.78 Å². The molecule has 78 valence electrons. The van der Waals surface area contributed by atoms with E-state index in [2.05, 4.69) is 4.99 Å². The van der Waals surface area contributed by atoms with E-state index in [0.29, 0.717) is 12.1 Å². The van der Waals surface area contributed by atoms with Gasteiger partial charge in [-0.3, -0.25) is 4.99 Å². The van der Waals surface area contributed by atoms with Gasteiger partial charge >= 0.3 is 7.12 Å². The minimum absolute atomic E-state index is 0.102. The molecule has 1 unspecified atom stereocenters. The zero-order chi connectivity index (χ0) is 10.8. The Morgan fingerprint density at radius 2 is 2.29 bits per heavy atom. The van der Waals surface area contributed by atoms with Crippen LogP contribution < -0.4 is 0 Å². The predicted molar refractivity (Wildman–Crippen MR) is 50.4 cm³/mol. The normalized spacial score (nSPS) is 26.6. The fourth-order valence-electron chi connectivity index (χ4n) is 1.40. The van der Waals surface area contributed by atoms with Crippen LogP contribution >= 0.6 is 0 Å². The summed E-state index contributed by atoms with van der Waals surface area (Å²) in [6, 6.07) is 0. The summed E-state index contributed by atoms with van der Waals surface area (Å²) >= 11 is 0. The van der Waals surface area contributed by atoms with Crippen molar-refractivity contribution in [2.24, 2.45) is 4.99 Å². The molecule has 0 bridgehead atoms. The number of hydrogen-bond acceptors (Lipinski definition) is 3. The maximum absolute atomic E-state index is 12.7. The van der Waals surface area contributed by atoms with Gasteiger partial charge in [-0.1, -0.05) is 13.0 Å². The molecule has 0 amide bonds. The summed E-state index contributed by atoms with van der Waals surface area (Å²) in [5.41, 5.74) is 0.556. The molecule has 0 spiro atoms. The zero-order valence-electron chi connectivity index (χ0n) is 7.82. The third kappa shape index (κ3) is 1.86. The molecule has 0 radical (unpaired) electrons. The van der Waals surface area contributed by atoms with Crippen LogP contribution in [0.3, 0.4) is 0 Å². The van der Waals surface area contributed by atoms with Crippen molar-refractivity contribution >= 4 is 12.8 Å². The molecule has 0 aromatic carbocycles. The first-order valence-corrected chi connectivity index (χ1v) is 4.40. The highest BCUT2D eigenvalue weighted by molar-refractivity contribution is 6.47. The highest BCUT2D eigenvalue weighted by atomic mass is 19.3. The SMILES string of the molecule is CCC1=NC=CC(B(O)O)(C(F)F)C1. The average molecular weight is 203 g/mol. The molecule has 14 heavy (non-hydrogen) atoms. The molecule has 1 aliphatic heterocycles. The van der Waals surface area contributed by atoms with Crippen LogP contribution in [0.15, 0.2) is 17.3 Å². The van der Waals surface area contributed by atoms with E-state index in [1.54, 1.807) is 6.92 Å². The maximum Gasteiger partial charge on any atom is 0.468 e. The summed E-state index contributed by atoms with van der Waals surface area (Å²) in [7, 11) is -2.06. The van der Waals surface area contributed by atoms with E-state index in [1.165, 1.54) is 6.20 Å². The molecule has 1 aliphatic rings. The topological polar surface area (TPSA) is 52.8 Å². The molecule has 0 saturated carbocycles. The second kappa shape index (κ2) is 4.19. The number of nitrogens with zero attached hydrogens (tertiary/aromatic N) is 1. The van der Waals surface area contributed by atoms with Crippen LogP contribution in [0.5, 0.6) is 0 Å². The van der Waals surface area contributed by atoms with Crippen LogP contribution in [-0.4, -0.2) is 29.3 Å². The van der Waals surface area contributed by atoms with Gasteiger partial charge in [0.15, 0.2) is 0 Å². The third-order valence-electron chi connectivity index (χ3n) is 2.45. The van der Waals surface area contributed by atoms with E-state index in [9.17, 15) is 8.78 Å². The van der Waals surface area contributed by atoms with Crippen molar-refractivity contribution in [1.29, 1.82) is 0 Å². The molecule has 0 fully saturated rings. The van der Waals surface area contributed by atoms with E-state index in [0.717, 1.165) is 6.08 Å². The lowest BCUT2D eigenvalue weighted by Gasteiger charge is -2.30. The first-order valence-electron chi connectivity index (χ1n) is 4.40. The highest BCUT2D eigenvalue weighted by Crippen LogP contribution is 2.43. The van der Waals surface area contributed by atoms with Crippen molar-refractivity contribution in [3.63, 3.8) is 0 Å². The Hall–Kier alpha value is -0.745. The van der Waals surface area contributed by atoms with Crippen molar-refractivity contribution < 1.29 is 18.8 Å². The highest BCUT2D eigenvalue weighted by Gasteiger charge is 2.49. The van der Waals surface area contributed by atoms with Gasteiger partial charge < -0.3 is 10.0 Å². The minimum Gasteiger partial charge on any atom is -0.426 e. The number of hydrogen-bond donors (Lipinski definition) is 2. The molecule has 0 aliphatic carbocycles. The van der Waals surface area contributed by atoms with E-state index < -0.39 is 18.9 Å². The predicted octanol–water partition coefficient (Wildman–Crippen LogP) is 1.23. The standard InChI is InChI=1S/C8H12BF2NO2/c1-2-6-5-8(7(10)11,9(13)14)3-4-12-6/h3-4,7,13-14H,2,5H2,1H3. The summed E-state index contributed by atoms with van der Waals surface area (Å²) in [5, 5.41) is 16.1. The maximum atomic E-state index is 12.7. The number of allylic oxidation sites excluding steroid dienone is 1. The fraction of sp³-hybridized carbons (Fsp3) is 0.625. The Labute approximate surface area is 81.3 Å². The van der Waals surface area contributed by atoms with Crippen molar-refractivity contribution in [2.45, 2.75) is 31.5 Å². The largest absolute Gasteiger partial charge is 0.468 e. The minimum atomic E-state index is -2.81. The number of halogens is 2. The lowest BCUT2D eigenvalue weighted by atomic mass is 9.55. The van der Waals surface area contributed by atoms with E-state index in [1.807, 2.05) is 0 Å². The van der Waals surface area contributed by atoms with Gasteiger partial charge in [-0.05, 0) is 12.8 Å². The summed E-state index contributed by atoms with van der Waals surface area (Å²) in [6.45, 7) is 1.79. The molecule has 0 saturated heterocycles. The van der Waals surface area contributed by atoms with Gasteiger partial charge in [0.2, 0.25) is 6.43 Å². The van der Waals surface area contributed by atoms with Gasteiger partial charge in [-0.2, -0.15) is 0 Å². The third-order valence-corrected chi connectivity index (χ3v) is 2.45. The van der Waals surface area contributed by atoms with E-state index >= 15 is 0 Å². The van der Waals surface area contributed by atoms with Crippen molar-refractivity contribution in [3.8, 4) is 0 Å². The summed E-state index contributed by atoms with van der Waals surface area (Å²) in [6.07, 6.45) is -0.0909. The molecule has 0 aromatic heterocycles. The van der Waals surface area contributed by atoms with Gasteiger partial charge in [-0.15, -0.1) is 0 Å². The van der Waals surface area contributed by atoms with Gasteiger partial charge in [0.1, 0.15) is 0 Å². The van der Waals surface area contributed by atoms with Crippen LogP contribution in [0.25, 0.3) is 0 Å². The summed E-state index contributed by atoms with van der Waals surface area (Å²) in [4.78, 5) is 3.89. The van der Waals surface area contributed by atoms with Gasteiger partial charge in [0.05, 0.1) is 5.31 Å². The second-order valence-electron chi connectivity index (χ2n) is 3.33. The van der Waals surface area contributed by atoms with Crippen LogP contribution in [0, 0.1) is 0 Å². The summed E-state index contributed by atoms with van der Waals surface area (Å²) < 4.78 is 25.4. The molecule has 1 heterocycles. The van der Waals surface area contributed by atoms with Crippen molar-refractivity contribution in [2.75, 3.05) is 0 Å². The van der Waals surface area contributed by atoms with Crippen LogP contribution in [0.4, 0.5) is 8.78 Å². The van der Waals surface area contributed by atoms with Gasteiger partial charge in [0, 0.05) is 11.9 Å². The first kappa shape index (κ1) is 11.3. The molecular weight excluding hydrogens is 191 g/mol. The van der Waals surface area contributed by atoms with E-state index in [-0.39, 0.29) is 6.42 Å². The molecule has 1 rings (SSSR count). The molecule has 6 heteroatoms. The quantitative estimate of drug-likeness (QED) is 0.677. The zero-order valence-corrected chi connectivity index (χ0v) is 7.82. The molecular formula is C8H12BF2NO2. The van der Waals surface area contributed by atoms with Crippen molar-refractivity contribution in [3.05, 3.63) is 12.3 Å².